The molecule has 0 unspecified atom stereocenters. The van der Waals surface area contributed by atoms with E-state index < -0.39 is 0 Å². The first-order chi connectivity index (χ1) is 7.20. The third kappa shape index (κ3) is 9.13. The van der Waals surface area contributed by atoms with Crippen LogP contribution in [0, 0.1) is 0 Å². The Hall–Kier alpha value is -1.18. The minimum atomic E-state index is -0.174. The van der Waals surface area contributed by atoms with Crippen molar-refractivity contribution in [3.63, 3.8) is 0 Å². The molecule has 0 saturated carbocycles. The van der Waals surface area contributed by atoms with Gasteiger partial charge in [-0.2, -0.15) is 0 Å². The van der Waals surface area contributed by atoms with Crippen LogP contribution < -0.4 is 27.4 Å². The lowest BCUT2D eigenvalue weighted by molar-refractivity contribution is -0.121. The van der Waals surface area contributed by atoms with Crippen molar-refractivity contribution >= 4 is 11.8 Å². The van der Waals surface area contributed by atoms with Gasteiger partial charge in [-0.05, 0) is 0 Å². The summed E-state index contributed by atoms with van der Waals surface area (Å²) >= 11 is 0. The molecule has 0 spiro atoms. The van der Waals surface area contributed by atoms with Crippen LogP contribution in [0.25, 0.3) is 0 Å². The fraction of sp³-hybridized carbons (Fsp3) is 0.750. The molecule has 0 radical (unpaired) electrons. The summed E-state index contributed by atoms with van der Waals surface area (Å²) < 4.78 is 0. The molecule has 7 nitrogen and oxygen atoms in total. The van der Waals surface area contributed by atoms with Crippen molar-refractivity contribution in [3.8, 4) is 0 Å². The lowest BCUT2D eigenvalue weighted by Gasteiger charge is -2.06. The van der Waals surface area contributed by atoms with E-state index in [1.54, 1.807) is 0 Å². The minimum absolute atomic E-state index is 0.107. The van der Waals surface area contributed by atoms with Crippen LogP contribution in [0.3, 0.4) is 0 Å². The van der Waals surface area contributed by atoms with Gasteiger partial charge >= 0.3 is 0 Å². The van der Waals surface area contributed by atoms with Gasteiger partial charge in [-0.1, -0.05) is 0 Å². The van der Waals surface area contributed by atoms with Crippen molar-refractivity contribution in [3.05, 3.63) is 0 Å². The second-order valence-corrected chi connectivity index (χ2v) is 2.88. The van der Waals surface area contributed by atoms with Crippen LogP contribution in [0.15, 0.2) is 0 Å². The average molecular weight is 217 g/mol. The number of rotatable bonds is 8. The molecule has 0 aliphatic rings. The van der Waals surface area contributed by atoms with Gasteiger partial charge in [-0.25, -0.2) is 0 Å². The van der Waals surface area contributed by atoms with E-state index in [4.69, 9.17) is 11.5 Å². The van der Waals surface area contributed by atoms with Gasteiger partial charge in [0.05, 0.1) is 13.1 Å². The predicted molar refractivity (Wildman–Crippen MR) is 57.0 cm³/mol. The van der Waals surface area contributed by atoms with Crippen molar-refractivity contribution in [1.82, 2.24) is 16.0 Å². The zero-order chi connectivity index (χ0) is 11.5. The van der Waals surface area contributed by atoms with Crippen LogP contribution in [0.5, 0.6) is 0 Å². The molecule has 7 heteroatoms. The summed E-state index contributed by atoms with van der Waals surface area (Å²) in [6, 6.07) is 0. The Bertz CT molecular complexity index is 177. The Labute approximate surface area is 88.9 Å². The quantitative estimate of drug-likeness (QED) is 0.292. The topological polar surface area (TPSA) is 122 Å². The first-order valence-corrected chi connectivity index (χ1v) is 4.85. The van der Waals surface area contributed by atoms with Crippen LogP contribution in [0.1, 0.15) is 0 Å². The first kappa shape index (κ1) is 13.8. The van der Waals surface area contributed by atoms with E-state index in [9.17, 15) is 9.59 Å². The van der Waals surface area contributed by atoms with Crippen LogP contribution in [0.2, 0.25) is 0 Å². The molecule has 15 heavy (non-hydrogen) atoms. The molecule has 2 amide bonds. The van der Waals surface area contributed by atoms with Crippen molar-refractivity contribution in [2.24, 2.45) is 11.5 Å². The highest BCUT2D eigenvalue weighted by atomic mass is 16.2. The normalized spacial score (nSPS) is 9.73. The Morgan fingerprint density at radius 3 is 1.60 bits per heavy atom. The standard InChI is InChI=1S/C8H19N5O2/c9-1-3-12-7(14)5-11-6-8(15)13-4-2-10/h11H,1-6,9-10H2,(H,12,14)(H,13,15). The van der Waals surface area contributed by atoms with Gasteiger partial charge in [-0.15, -0.1) is 0 Å². The second-order valence-electron chi connectivity index (χ2n) is 2.88. The summed E-state index contributed by atoms with van der Waals surface area (Å²) in [5.41, 5.74) is 10.4. The maximum atomic E-state index is 11.0. The molecular formula is C8H19N5O2. The fourth-order valence-electron chi connectivity index (χ4n) is 0.838. The predicted octanol–water partition coefficient (Wildman–Crippen LogP) is -3.27. The molecular weight excluding hydrogens is 198 g/mol. The highest BCUT2D eigenvalue weighted by molar-refractivity contribution is 5.81. The molecule has 0 bridgehead atoms. The Morgan fingerprint density at radius 2 is 1.27 bits per heavy atom. The summed E-state index contributed by atoms with van der Waals surface area (Å²) in [7, 11) is 0. The number of hydrogen-bond acceptors (Lipinski definition) is 5. The molecule has 0 fully saturated rings. The molecule has 0 heterocycles. The largest absolute Gasteiger partial charge is 0.354 e. The zero-order valence-electron chi connectivity index (χ0n) is 8.71. The molecule has 0 aromatic heterocycles. The van der Waals surface area contributed by atoms with Gasteiger partial charge in [0, 0.05) is 26.2 Å². The van der Waals surface area contributed by atoms with Gasteiger partial charge in [0.2, 0.25) is 11.8 Å². The van der Waals surface area contributed by atoms with Crippen LogP contribution >= 0.6 is 0 Å². The SMILES string of the molecule is NCCNC(=O)CNCC(=O)NCCN. The Kier molecular flexibility index (Phi) is 8.64. The zero-order valence-corrected chi connectivity index (χ0v) is 8.71. The number of nitrogens with two attached hydrogens (primary N) is 2. The van der Waals surface area contributed by atoms with Crippen LogP contribution in [0.4, 0.5) is 0 Å². The summed E-state index contributed by atoms with van der Waals surface area (Å²) in [6.45, 7) is 1.91. The molecule has 0 aliphatic heterocycles. The van der Waals surface area contributed by atoms with Crippen molar-refractivity contribution in [1.29, 1.82) is 0 Å². The lowest BCUT2D eigenvalue weighted by Crippen LogP contribution is -2.41. The summed E-state index contributed by atoms with van der Waals surface area (Å²) in [5.74, 6) is -0.348. The van der Waals surface area contributed by atoms with E-state index in [-0.39, 0.29) is 24.9 Å². The summed E-state index contributed by atoms with van der Waals surface area (Å²) in [4.78, 5) is 22.0. The van der Waals surface area contributed by atoms with Gasteiger partial charge in [-0.3, -0.25) is 14.9 Å². The first-order valence-electron chi connectivity index (χ1n) is 4.85. The third-order valence-electron chi connectivity index (χ3n) is 1.50. The molecule has 0 aromatic carbocycles. The van der Waals surface area contributed by atoms with Gasteiger partial charge < -0.3 is 22.1 Å². The molecule has 0 aliphatic carbocycles. The molecule has 0 aromatic rings. The second kappa shape index (κ2) is 9.38. The smallest absolute Gasteiger partial charge is 0.234 e. The Morgan fingerprint density at radius 1 is 0.867 bits per heavy atom. The van der Waals surface area contributed by atoms with E-state index in [2.05, 4.69) is 16.0 Å². The molecule has 88 valence electrons. The van der Waals surface area contributed by atoms with E-state index >= 15 is 0 Å². The van der Waals surface area contributed by atoms with Crippen molar-refractivity contribution in [2.75, 3.05) is 39.3 Å². The Balaban J connectivity index is 3.36. The van der Waals surface area contributed by atoms with Crippen molar-refractivity contribution < 1.29 is 9.59 Å². The number of hydrogen-bond donors (Lipinski definition) is 5. The van der Waals surface area contributed by atoms with Crippen LogP contribution in [-0.2, 0) is 9.59 Å². The van der Waals surface area contributed by atoms with Gasteiger partial charge in [0.15, 0.2) is 0 Å². The lowest BCUT2D eigenvalue weighted by atomic mass is 10.5. The fourth-order valence-corrected chi connectivity index (χ4v) is 0.838. The maximum absolute atomic E-state index is 11.0. The molecule has 0 rings (SSSR count). The molecule has 0 saturated heterocycles. The van der Waals surface area contributed by atoms with Gasteiger partial charge in [0.1, 0.15) is 0 Å². The highest BCUT2D eigenvalue weighted by Crippen LogP contribution is 1.66. The van der Waals surface area contributed by atoms with Gasteiger partial charge in [0.25, 0.3) is 0 Å². The summed E-state index contributed by atoms with van der Waals surface area (Å²) in [6.07, 6.45) is 0. The number of carbonyl (C=O) groups excluding carboxylic acids is 2. The molecule has 7 N–H and O–H groups in total. The van der Waals surface area contributed by atoms with E-state index in [1.807, 2.05) is 0 Å². The summed E-state index contributed by atoms with van der Waals surface area (Å²) in [5, 5.41) is 7.84. The number of amides is 2. The highest BCUT2D eigenvalue weighted by Gasteiger charge is 2.02. The average Bonchev–Trinajstić information content (AvgIpc) is 2.23. The maximum Gasteiger partial charge on any atom is 0.234 e. The van der Waals surface area contributed by atoms with E-state index in [0.717, 1.165) is 0 Å². The van der Waals surface area contributed by atoms with E-state index in [0.29, 0.717) is 26.2 Å². The van der Waals surface area contributed by atoms with Crippen LogP contribution in [-0.4, -0.2) is 51.1 Å². The molecule has 0 atom stereocenters. The third-order valence-corrected chi connectivity index (χ3v) is 1.50. The van der Waals surface area contributed by atoms with E-state index in [1.165, 1.54) is 0 Å². The van der Waals surface area contributed by atoms with Crippen molar-refractivity contribution in [2.45, 2.75) is 0 Å². The minimum Gasteiger partial charge on any atom is -0.354 e. The number of nitrogens with one attached hydrogen (secondary N) is 3. The number of carbonyl (C=O) groups is 2. The monoisotopic (exact) mass is 217 g/mol.